The van der Waals surface area contributed by atoms with E-state index in [1.165, 1.54) is 6.07 Å². The number of ether oxygens (including phenoxy) is 2. The molecular weight excluding hydrogens is 564 g/mol. The Labute approximate surface area is 235 Å². The van der Waals surface area contributed by atoms with Crippen molar-refractivity contribution in [3.8, 4) is 28.6 Å². The van der Waals surface area contributed by atoms with Crippen molar-refractivity contribution in [2.45, 2.75) is 61.0 Å². The second-order valence-corrected chi connectivity index (χ2v) is 10.3. The fourth-order valence-electron chi connectivity index (χ4n) is 5.33. The summed E-state index contributed by atoms with van der Waals surface area (Å²) in [6.45, 7) is -1.58. The number of aliphatic hydroxyl groups excluding tert-OH is 8. The third kappa shape index (κ3) is 4.88. The van der Waals surface area contributed by atoms with Gasteiger partial charge >= 0.3 is 0 Å². The van der Waals surface area contributed by atoms with Crippen molar-refractivity contribution in [1.29, 1.82) is 0 Å². The summed E-state index contributed by atoms with van der Waals surface area (Å²) in [4.78, 5) is 13.5. The van der Waals surface area contributed by atoms with E-state index in [0.29, 0.717) is 0 Å². The molecule has 2 saturated heterocycles. The van der Waals surface area contributed by atoms with Crippen LogP contribution in [0, 0.1) is 0 Å². The second kappa shape index (κ2) is 11.4. The molecule has 42 heavy (non-hydrogen) atoms. The Hall–Kier alpha value is -3.35. The first-order valence-electron chi connectivity index (χ1n) is 12.9. The highest BCUT2D eigenvalue weighted by molar-refractivity contribution is 5.89. The zero-order valence-corrected chi connectivity index (χ0v) is 21.6. The summed E-state index contributed by atoms with van der Waals surface area (Å²) in [6, 6.07) is 5.57. The summed E-state index contributed by atoms with van der Waals surface area (Å²) < 4.78 is 17.2. The Morgan fingerprint density at radius 1 is 0.643 bits per heavy atom. The van der Waals surface area contributed by atoms with Gasteiger partial charge in [-0.05, 0) is 24.3 Å². The van der Waals surface area contributed by atoms with Crippen molar-refractivity contribution < 1.29 is 70.1 Å². The summed E-state index contributed by atoms with van der Waals surface area (Å²) in [7, 11) is 0. The van der Waals surface area contributed by atoms with Gasteiger partial charge < -0.3 is 70.1 Å². The highest BCUT2D eigenvalue weighted by Crippen LogP contribution is 2.45. The quantitative estimate of drug-likeness (QED) is 0.138. The third-order valence-electron chi connectivity index (χ3n) is 7.69. The molecule has 3 aromatic rings. The van der Waals surface area contributed by atoms with E-state index >= 15 is 0 Å². The molecule has 3 heterocycles. The van der Waals surface area contributed by atoms with Gasteiger partial charge in [-0.15, -0.1) is 0 Å². The summed E-state index contributed by atoms with van der Waals surface area (Å²) in [5, 5.41) is 113. The van der Waals surface area contributed by atoms with Crippen molar-refractivity contribution >= 4 is 11.0 Å². The van der Waals surface area contributed by atoms with E-state index < -0.39 is 108 Å². The standard InChI is InChI=1S/C27H30O15/c28-6-15-19(34)21(36)23(38)26(41-15)9-4-10(27-24(39)22(37)20(35)16(7-29)42-27)25-17(18(9)33)13(32)5-14(40-25)8-1-2-11(30)12(31)3-8/h1-5,15-16,19-24,26-31,33-39H,6-7H2. The van der Waals surface area contributed by atoms with Gasteiger partial charge in [0.2, 0.25) is 0 Å². The number of rotatable bonds is 5. The summed E-state index contributed by atoms with van der Waals surface area (Å²) >= 11 is 0. The van der Waals surface area contributed by atoms with Crippen LogP contribution in [0.2, 0.25) is 0 Å². The van der Waals surface area contributed by atoms with Gasteiger partial charge in [-0.3, -0.25) is 4.79 Å². The van der Waals surface area contributed by atoms with E-state index in [0.717, 1.165) is 24.3 Å². The maximum Gasteiger partial charge on any atom is 0.197 e. The van der Waals surface area contributed by atoms with Gasteiger partial charge in [0.05, 0.1) is 13.2 Å². The first-order chi connectivity index (χ1) is 19.9. The molecule has 15 nitrogen and oxygen atoms in total. The van der Waals surface area contributed by atoms with Crippen LogP contribution in [0.4, 0.5) is 0 Å². The van der Waals surface area contributed by atoms with E-state index in [1.807, 2.05) is 0 Å². The van der Waals surface area contributed by atoms with Crippen molar-refractivity contribution in [3.63, 3.8) is 0 Å². The van der Waals surface area contributed by atoms with Gasteiger partial charge in [0.1, 0.15) is 83.5 Å². The van der Waals surface area contributed by atoms with Crippen LogP contribution in [0.1, 0.15) is 23.3 Å². The molecule has 0 aliphatic carbocycles. The van der Waals surface area contributed by atoms with Crippen LogP contribution in [-0.2, 0) is 9.47 Å². The Morgan fingerprint density at radius 3 is 1.71 bits per heavy atom. The van der Waals surface area contributed by atoms with E-state index in [-0.39, 0.29) is 22.5 Å². The monoisotopic (exact) mass is 594 g/mol. The van der Waals surface area contributed by atoms with E-state index in [4.69, 9.17) is 13.9 Å². The minimum absolute atomic E-state index is 0.113. The maximum absolute atomic E-state index is 13.5. The zero-order valence-electron chi connectivity index (χ0n) is 21.6. The van der Waals surface area contributed by atoms with E-state index in [9.17, 15) is 61.0 Å². The van der Waals surface area contributed by atoms with Gasteiger partial charge in [0.15, 0.2) is 16.9 Å². The molecule has 10 atom stereocenters. The first kappa shape index (κ1) is 30.1. The summed E-state index contributed by atoms with van der Waals surface area (Å²) in [5.41, 5.74) is -1.75. The molecule has 2 fully saturated rings. The van der Waals surface area contributed by atoms with Gasteiger partial charge in [0, 0.05) is 22.8 Å². The van der Waals surface area contributed by atoms with Crippen LogP contribution >= 0.6 is 0 Å². The minimum atomic E-state index is -1.89. The molecule has 0 saturated carbocycles. The molecule has 1 aromatic heterocycles. The second-order valence-electron chi connectivity index (χ2n) is 10.3. The normalized spacial score (nSPS) is 33.6. The molecule has 11 N–H and O–H groups in total. The van der Waals surface area contributed by atoms with Gasteiger partial charge in [0.25, 0.3) is 0 Å². The Morgan fingerprint density at radius 2 is 1.19 bits per heavy atom. The fourth-order valence-corrected chi connectivity index (χ4v) is 5.33. The lowest BCUT2D eigenvalue weighted by atomic mass is 9.86. The third-order valence-corrected chi connectivity index (χ3v) is 7.69. The molecule has 15 heteroatoms. The highest BCUT2D eigenvalue weighted by Gasteiger charge is 2.48. The van der Waals surface area contributed by atoms with Crippen molar-refractivity contribution in [2.24, 2.45) is 0 Å². The molecule has 2 aliphatic heterocycles. The number of hydrogen-bond acceptors (Lipinski definition) is 15. The molecule has 2 aromatic carbocycles. The number of benzene rings is 2. The number of phenols is 3. The van der Waals surface area contributed by atoms with Crippen LogP contribution in [0.15, 0.2) is 39.5 Å². The zero-order chi connectivity index (χ0) is 30.6. The van der Waals surface area contributed by atoms with Gasteiger partial charge in [-0.1, -0.05) is 0 Å². The van der Waals surface area contributed by atoms with Crippen molar-refractivity contribution in [3.05, 3.63) is 51.7 Å². The maximum atomic E-state index is 13.5. The van der Waals surface area contributed by atoms with Crippen LogP contribution < -0.4 is 5.43 Å². The molecule has 0 radical (unpaired) electrons. The number of fused-ring (bicyclic) bond motifs is 1. The van der Waals surface area contributed by atoms with E-state index in [1.54, 1.807) is 0 Å². The molecule has 228 valence electrons. The number of phenolic OH excluding ortho intramolecular Hbond substituents is 3. The predicted octanol–water partition coefficient (Wildman–Crippen LogP) is -2.39. The topological polar surface area (TPSA) is 271 Å². The molecule has 10 unspecified atom stereocenters. The SMILES string of the molecule is O=c1cc(-c2ccc(O)c(O)c2)oc2c(C3OC(CO)C(O)C(O)C3O)cc(C3OC(CO)C(O)C(O)C3O)c(O)c12. The molecule has 2 aliphatic rings. The van der Waals surface area contributed by atoms with Crippen LogP contribution in [0.25, 0.3) is 22.3 Å². The number of aromatic hydroxyl groups is 3. The van der Waals surface area contributed by atoms with Crippen LogP contribution in [0.5, 0.6) is 17.2 Å². The summed E-state index contributed by atoms with van der Waals surface area (Å²) in [5.74, 6) is -1.96. The lowest BCUT2D eigenvalue weighted by Gasteiger charge is -2.42. The number of hydrogen-bond donors (Lipinski definition) is 11. The molecule has 0 spiro atoms. The number of aliphatic hydroxyl groups is 8. The average molecular weight is 595 g/mol. The predicted molar refractivity (Wildman–Crippen MR) is 138 cm³/mol. The van der Waals surface area contributed by atoms with Gasteiger partial charge in [-0.25, -0.2) is 0 Å². The molecule has 0 bridgehead atoms. The van der Waals surface area contributed by atoms with E-state index in [2.05, 4.69) is 0 Å². The van der Waals surface area contributed by atoms with Gasteiger partial charge in [-0.2, -0.15) is 0 Å². The van der Waals surface area contributed by atoms with Crippen molar-refractivity contribution in [2.75, 3.05) is 13.2 Å². The first-order valence-corrected chi connectivity index (χ1v) is 12.9. The van der Waals surface area contributed by atoms with Crippen LogP contribution in [-0.4, -0.2) is 118 Å². The highest BCUT2D eigenvalue weighted by atomic mass is 16.6. The minimum Gasteiger partial charge on any atom is -0.507 e. The smallest absolute Gasteiger partial charge is 0.197 e. The largest absolute Gasteiger partial charge is 0.507 e. The summed E-state index contributed by atoms with van der Waals surface area (Å²) in [6.07, 6.45) is -17.0. The Bertz CT molecular complexity index is 1520. The Balaban J connectivity index is 1.77. The van der Waals surface area contributed by atoms with Crippen molar-refractivity contribution in [1.82, 2.24) is 0 Å². The molecular formula is C27H30O15. The molecule has 0 amide bonds. The lowest BCUT2D eigenvalue weighted by Crippen LogP contribution is -2.55. The molecule has 5 rings (SSSR count). The van der Waals surface area contributed by atoms with Crippen LogP contribution in [0.3, 0.4) is 0 Å². The lowest BCUT2D eigenvalue weighted by molar-refractivity contribution is -0.233. The Kier molecular flexibility index (Phi) is 8.16. The fraction of sp³-hybridized carbons (Fsp3) is 0.444. The average Bonchev–Trinajstić information content (AvgIpc) is 2.97.